The molecule has 9 rings (SSSR count). The Bertz CT molecular complexity index is 2900. The van der Waals surface area contributed by atoms with Crippen LogP contribution in [0, 0.1) is 11.8 Å². The Kier molecular flexibility index (Phi) is 15.3. The third-order valence-electron chi connectivity index (χ3n) is 12.0. The van der Waals surface area contributed by atoms with Gasteiger partial charge in [-0.25, -0.2) is 28.8 Å². The fraction of sp³-hybridized carbons (Fsp3) is 0.193. The van der Waals surface area contributed by atoms with Crippen molar-refractivity contribution in [2.75, 3.05) is 13.2 Å². The zero-order valence-electron chi connectivity index (χ0n) is 38.3. The molecule has 3 aliphatic rings. The van der Waals surface area contributed by atoms with Crippen LogP contribution in [-0.2, 0) is 42.6 Å². The SMILES string of the molecule is O=C(OCC1=CC(OC(=O)c2ccccc2)[C@@H]2C=COC(OC3OC(COC(=O)c4ccccc4)C(OC(=O)c4ccccc4)C(OC(=O)c4ccccc4)C3OC(=O)c3ccccc3)[C@H]12)c1ccccc1. The number of fused-ring (bicyclic) bond motifs is 1. The van der Waals surface area contributed by atoms with Crippen LogP contribution < -0.4 is 0 Å². The molecule has 0 aromatic heterocycles. The van der Waals surface area contributed by atoms with Gasteiger partial charge in [0.1, 0.15) is 25.4 Å². The molecule has 0 N–H and O–H groups in total. The summed E-state index contributed by atoms with van der Waals surface area (Å²) in [4.78, 5) is 82.9. The Balaban J connectivity index is 1.10. The first-order valence-electron chi connectivity index (χ1n) is 23.0. The van der Waals surface area contributed by atoms with Crippen LogP contribution in [0.15, 0.2) is 206 Å². The Morgan fingerprint density at radius 1 is 0.417 bits per heavy atom. The number of carbonyl (C=O) groups excluding carboxylic acids is 6. The number of rotatable bonds is 16. The van der Waals surface area contributed by atoms with Crippen molar-refractivity contribution in [2.24, 2.45) is 11.8 Å². The van der Waals surface area contributed by atoms with Crippen LogP contribution in [0.3, 0.4) is 0 Å². The van der Waals surface area contributed by atoms with Crippen molar-refractivity contribution < 1.29 is 71.4 Å². The lowest BCUT2D eigenvalue weighted by Crippen LogP contribution is -2.64. The van der Waals surface area contributed by atoms with Gasteiger partial charge in [0.15, 0.2) is 18.3 Å². The lowest BCUT2D eigenvalue weighted by atomic mass is 9.88. The number of carbonyl (C=O) groups is 6. The van der Waals surface area contributed by atoms with Gasteiger partial charge in [-0.2, -0.15) is 0 Å². The molecule has 2 aliphatic heterocycles. The monoisotopic (exact) mass is 970 g/mol. The minimum atomic E-state index is -1.76. The van der Waals surface area contributed by atoms with E-state index >= 15 is 0 Å². The van der Waals surface area contributed by atoms with Crippen LogP contribution in [0.5, 0.6) is 0 Å². The van der Waals surface area contributed by atoms with Gasteiger partial charge in [0.25, 0.3) is 0 Å². The van der Waals surface area contributed by atoms with Gasteiger partial charge < -0.3 is 42.6 Å². The van der Waals surface area contributed by atoms with E-state index in [-0.39, 0.29) is 28.9 Å². The van der Waals surface area contributed by atoms with Gasteiger partial charge in [0.05, 0.1) is 45.6 Å². The van der Waals surface area contributed by atoms with E-state index in [2.05, 4.69) is 0 Å². The fourth-order valence-electron chi connectivity index (χ4n) is 8.48. The summed E-state index contributed by atoms with van der Waals surface area (Å²) in [6, 6.07) is 48.8. The molecule has 7 unspecified atom stereocenters. The van der Waals surface area contributed by atoms with E-state index in [9.17, 15) is 28.8 Å². The third-order valence-corrected chi connectivity index (χ3v) is 12.0. The minimum absolute atomic E-state index is 0.0975. The highest BCUT2D eigenvalue weighted by Gasteiger charge is 2.56. The summed E-state index contributed by atoms with van der Waals surface area (Å²) >= 11 is 0. The van der Waals surface area contributed by atoms with Gasteiger partial charge in [0.2, 0.25) is 12.6 Å². The van der Waals surface area contributed by atoms with Crippen molar-refractivity contribution in [2.45, 2.75) is 43.1 Å². The molecule has 0 bridgehead atoms. The maximum absolute atomic E-state index is 14.2. The normalized spacial score (nSPS) is 22.9. The molecule has 6 aromatic carbocycles. The second-order valence-corrected chi connectivity index (χ2v) is 16.7. The summed E-state index contributed by atoms with van der Waals surface area (Å²) in [5.74, 6) is -6.22. The second-order valence-electron chi connectivity index (χ2n) is 16.7. The molecule has 0 radical (unpaired) electrons. The lowest BCUT2D eigenvalue weighted by Gasteiger charge is -2.46. The number of esters is 6. The van der Waals surface area contributed by atoms with Gasteiger partial charge in [-0.1, -0.05) is 109 Å². The first-order valence-corrected chi connectivity index (χ1v) is 23.0. The van der Waals surface area contributed by atoms with E-state index in [0.717, 1.165) is 0 Å². The number of ether oxygens (including phenoxy) is 9. The zero-order chi connectivity index (χ0) is 49.8. The number of benzene rings is 6. The largest absolute Gasteiger partial charge is 0.472 e. The molecule has 72 heavy (non-hydrogen) atoms. The van der Waals surface area contributed by atoms with Gasteiger partial charge in [-0.3, -0.25) is 0 Å². The molecule has 0 amide bonds. The molecule has 1 aliphatic carbocycles. The Labute approximate surface area is 413 Å². The van der Waals surface area contributed by atoms with E-state index in [1.165, 1.54) is 42.7 Å². The first kappa shape index (κ1) is 48.4. The molecular weight excluding hydrogens is 925 g/mol. The van der Waals surface area contributed by atoms with Gasteiger partial charge in [-0.15, -0.1) is 0 Å². The summed E-state index contributed by atoms with van der Waals surface area (Å²) in [6.07, 6.45) is -5.95. The molecule has 9 atom stereocenters. The topological polar surface area (TPSA) is 185 Å². The van der Waals surface area contributed by atoms with Crippen molar-refractivity contribution in [3.05, 3.63) is 239 Å². The molecule has 0 saturated carbocycles. The molecule has 1 fully saturated rings. The Morgan fingerprint density at radius 3 is 1.26 bits per heavy atom. The van der Waals surface area contributed by atoms with Crippen LogP contribution in [-0.4, -0.2) is 92.1 Å². The van der Waals surface area contributed by atoms with E-state index < -0.39 is 97.4 Å². The quantitative estimate of drug-likeness (QED) is 0.0511. The summed E-state index contributed by atoms with van der Waals surface area (Å²) in [6.45, 7) is -0.898. The third kappa shape index (κ3) is 11.5. The molecule has 6 aromatic rings. The van der Waals surface area contributed by atoms with Crippen molar-refractivity contribution >= 4 is 35.8 Å². The number of hydrogen-bond acceptors (Lipinski definition) is 15. The Hall–Kier alpha value is -8.66. The predicted molar refractivity (Wildman–Crippen MR) is 255 cm³/mol. The van der Waals surface area contributed by atoms with E-state index in [1.54, 1.807) is 158 Å². The summed E-state index contributed by atoms with van der Waals surface area (Å²) in [7, 11) is 0. The van der Waals surface area contributed by atoms with E-state index in [0.29, 0.717) is 16.7 Å². The number of hydrogen-bond donors (Lipinski definition) is 0. The molecule has 364 valence electrons. The van der Waals surface area contributed by atoms with E-state index in [4.69, 9.17) is 42.6 Å². The minimum Gasteiger partial charge on any atom is -0.472 e. The smallest absolute Gasteiger partial charge is 0.338 e. The predicted octanol–water partition coefficient (Wildman–Crippen LogP) is 8.39. The van der Waals surface area contributed by atoms with Crippen LogP contribution in [0.2, 0.25) is 0 Å². The highest BCUT2D eigenvalue weighted by atomic mass is 16.8. The van der Waals surface area contributed by atoms with Crippen LogP contribution in [0.1, 0.15) is 62.1 Å². The lowest BCUT2D eigenvalue weighted by molar-refractivity contribution is -0.337. The summed E-state index contributed by atoms with van der Waals surface area (Å²) in [5.41, 5.74) is 1.54. The van der Waals surface area contributed by atoms with Gasteiger partial charge >= 0.3 is 35.8 Å². The maximum Gasteiger partial charge on any atom is 0.338 e. The molecule has 1 saturated heterocycles. The van der Waals surface area contributed by atoms with Crippen LogP contribution in [0.25, 0.3) is 0 Å². The Morgan fingerprint density at radius 2 is 0.806 bits per heavy atom. The standard InChI is InChI=1S/C57H46O15/c58-50(36-19-7-1-8-20-36)65-34-42-33-44(67-52(60)38-23-11-3-12-24-38)43-31-32-64-56(46(42)43)72-57-49(71-55(63)41-29-17-6-18-30-41)48(70-54(62)40-27-15-5-16-28-40)47(69-53(61)39-25-13-4-14-26-39)45(68-57)35-66-51(59)37-21-9-2-10-22-37/h1-33,43-49,56-57H,34-35H2/t43-,44?,45?,46+,47?,48?,49?,56?,57?/m0/s1. The van der Waals surface area contributed by atoms with Crippen molar-refractivity contribution in [3.8, 4) is 0 Å². The summed E-state index contributed by atoms with van der Waals surface area (Å²) in [5, 5.41) is 0. The van der Waals surface area contributed by atoms with Gasteiger partial charge in [-0.05, 0) is 90.5 Å². The molecule has 2 heterocycles. The zero-order valence-corrected chi connectivity index (χ0v) is 38.3. The fourth-order valence-corrected chi connectivity index (χ4v) is 8.48. The molecule has 0 spiro atoms. The van der Waals surface area contributed by atoms with Crippen molar-refractivity contribution in [3.63, 3.8) is 0 Å². The second kappa shape index (κ2) is 22.8. The highest BCUT2D eigenvalue weighted by Crippen LogP contribution is 2.43. The average Bonchev–Trinajstić information content (AvgIpc) is 3.79. The van der Waals surface area contributed by atoms with E-state index in [1.807, 2.05) is 0 Å². The average molecular weight is 971 g/mol. The maximum atomic E-state index is 14.2. The summed E-state index contributed by atoms with van der Waals surface area (Å²) < 4.78 is 56.0. The molecular formula is C57H46O15. The first-order chi connectivity index (χ1) is 35.2. The molecule has 15 heteroatoms. The van der Waals surface area contributed by atoms with Crippen molar-refractivity contribution in [1.29, 1.82) is 0 Å². The van der Waals surface area contributed by atoms with Crippen LogP contribution in [0.4, 0.5) is 0 Å². The van der Waals surface area contributed by atoms with Crippen molar-refractivity contribution in [1.82, 2.24) is 0 Å². The van der Waals surface area contributed by atoms with Crippen LogP contribution >= 0.6 is 0 Å². The van der Waals surface area contributed by atoms with Gasteiger partial charge in [0, 0.05) is 5.92 Å². The highest BCUT2D eigenvalue weighted by molar-refractivity contribution is 5.92. The molecule has 15 nitrogen and oxygen atoms in total.